The number of nitrogen functional groups attached to an aromatic ring is 1. The SMILES string of the molecule is CCc1c(C#N)sc2cc(N)ccc12. The molecule has 2 rings (SSSR count). The van der Waals surface area contributed by atoms with E-state index in [0.717, 1.165) is 27.2 Å². The fourth-order valence-electron chi connectivity index (χ4n) is 1.61. The largest absolute Gasteiger partial charge is 0.399 e. The molecule has 0 bridgehead atoms. The number of nitriles is 1. The first-order chi connectivity index (χ1) is 6.76. The Morgan fingerprint density at radius 1 is 1.50 bits per heavy atom. The molecule has 3 heteroatoms. The number of rotatable bonds is 1. The van der Waals surface area contributed by atoms with Crippen LogP contribution in [0.2, 0.25) is 0 Å². The summed E-state index contributed by atoms with van der Waals surface area (Å²) in [7, 11) is 0. The van der Waals surface area contributed by atoms with E-state index in [9.17, 15) is 0 Å². The molecule has 2 nitrogen and oxygen atoms in total. The fourth-order valence-corrected chi connectivity index (χ4v) is 2.75. The number of benzene rings is 1. The molecule has 0 radical (unpaired) electrons. The van der Waals surface area contributed by atoms with Gasteiger partial charge in [0.15, 0.2) is 0 Å². The first kappa shape index (κ1) is 9.04. The third kappa shape index (κ3) is 1.24. The van der Waals surface area contributed by atoms with Gasteiger partial charge in [0.2, 0.25) is 0 Å². The molecule has 1 heterocycles. The number of thiophene rings is 1. The van der Waals surface area contributed by atoms with Gasteiger partial charge < -0.3 is 5.73 Å². The van der Waals surface area contributed by atoms with Crippen LogP contribution in [0.25, 0.3) is 10.1 Å². The lowest BCUT2D eigenvalue weighted by atomic mass is 10.1. The minimum absolute atomic E-state index is 0.755. The zero-order valence-corrected chi connectivity index (χ0v) is 8.69. The average Bonchev–Trinajstić information content (AvgIpc) is 2.54. The highest BCUT2D eigenvalue weighted by atomic mass is 32.1. The number of fused-ring (bicyclic) bond motifs is 1. The molecule has 14 heavy (non-hydrogen) atoms. The zero-order valence-electron chi connectivity index (χ0n) is 7.87. The summed E-state index contributed by atoms with van der Waals surface area (Å²) in [6.45, 7) is 2.07. The van der Waals surface area contributed by atoms with E-state index in [0.29, 0.717) is 0 Å². The van der Waals surface area contributed by atoms with Crippen LogP contribution in [0.5, 0.6) is 0 Å². The van der Waals surface area contributed by atoms with E-state index < -0.39 is 0 Å². The molecule has 0 amide bonds. The number of aryl methyl sites for hydroxylation is 1. The molecule has 0 aliphatic heterocycles. The first-order valence-corrected chi connectivity index (χ1v) is 5.29. The lowest BCUT2D eigenvalue weighted by Gasteiger charge is -1.95. The minimum atomic E-state index is 0.755. The van der Waals surface area contributed by atoms with Crippen molar-refractivity contribution in [1.82, 2.24) is 0 Å². The van der Waals surface area contributed by atoms with Gasteiger partial charge in [-0.1, -0.05) is 13.0 Å². The van der Waals surface area contributed by atoms with E-state index in [-0.39, 0.29) is 0 Å². The van der Waals surface area contributed by atoms with Gasteiger partial charge in [-0.05, 0) is 29.5 Å². The Labute approximate surface area is 86.6 Å². The van der Waals surface area contributed by atoms with Gasteiger partial charge >= 0.3 is 0 Å². The molecule has 0 unspecified atom stereocenters. The summed E-state index contributed by atoms with van der Waals surface area (Å²) in [4.78, 5) is 0.813. The molecule has 0 saturated carbocycles. The van der Waals surface area contributed by atoms with Crippen LogP contribution in [0.4, 0.5) is 5.69 Å². The number of hydrogen-bond acceptors (Lipinski definition) is 3. The van der Waals surface area contributed by atoms with Crippen molar-refractivity contribution < 1.29 is 0 Å². The lowest BCUT2D eigenvalue weighted by molar-refractivity contribution is 1.16. The Balaban J connectivity index is 2.81. The van der Waals surface area contributed by atoms with Gasteiger partial charge in [-0.25, -0.2) is 0 Å². The van der Waals surface area contributed by atoms with Gasteiger partial charge in [0.1, 0.15) is 10.9 Å². The summed E-state index contributed by atoms with van der Waals surface area (Å²) >= 11 is 1.52. The average molecular weight is 202 g/mol. The van der Waals surface area contributed by atoms with Crippen molar-refractivity contribution in [2.45, 2.75) is 13.3 Å². The molecule has 70 valence electrons. The molecule has 0 atom stereocenters. The van der Waals surface area contributed by atoms with E-state index in [1.807, 2.05) is 18.2 Å². The summed E-state index contributed by atoms with van der Waals surface area (Å²) in [5, 5.41) is 10.1. The molecule has 0 fully saturated rings. The highest BCUT2D eigenvalue weighted by Gasteiger charge is 2.09. The molecule has 0 saturated heterocycles. The minimum Gasteiger partial charge on any atom is -0.399 e. The number of nitrogens with two attached hydrogens (primary N) is 1. The quantitative estimate of drug-likeness (QED) is 0.723. The van der Waals surface area contributed by atoms with Gasteiger partial charge in [-0.2, -0.15) is 5.26 Å². The maximum absolute atomic E-state index is 8.95. The summed E-state index contributed by atoms with van der Waals surface area (Å²) in [5.74, 6) is 0. The fraction of sp³-hybridized carbons (Fsp3) is 0.182. The molecule has 0 aliphatic carbocycles. The summed E-state index contributed by atoms with van der Waals surface area (Å²) in [6, 6.07) is 8.05. The van der Waals surface area contributed by atoms with Gasteiger partial charge in [0, 0.05) is 10.4 Å². The summed E-state index contributed by atoms with van der Waals surface area (Å²) in [6.07, 6.45) is 0.896. The molecule has 1 aromatic heterocycles. The first-order valence-electron chi connectivity index (χ1n) is 4.47. The highest BCUT2D eigenvalue weighted by Crippen LogP contribution is 2.32. The molecular formula is C11H10N2S. The Morgan fingerprint density at radius 3 is 2.93 bits per heavy atom. The van der Waals surface area contributed by atoms with Crippen molar-refractivity contribution >= 4 is 27.1 Å². The van der Waals surface area contributed by atoms with Crippen LogP contribution in [0.15, 0.2) is 18.2 Å². The molecule has 0 spiro atoms. The maximum atomic E-state index is 8.95. The number of hydrogen-bond donors (Lipinski definition) is 1. The molecule has 0 aliphatic rings. The third-order valence-electron chi connectivity index (χ3n) is 2.27. The van der Waals surface area contributed by atoms with E-state index in [2.05, 4.69) is 13.0 Å². The van der Waals surface area contributed by atoms with Crippen LogP contribution in [-0.4, -0.2) is 0 Å². The van der Waals surface area contributed by atoms with Gasteiger partial charge in [-0.3, -0.25) is 0 Å². The Kier molecular flexibility index (Phi) is 2.14. The second-order valence-electron chi connectivity index (χ2n) is 3.13. The molecule has 2 N–H and O–H groups in total. The smallest absolute Gasteiger partial charge is 0.110 e. The van der Waals surface area contributed by atoms with E-state index in [1.165, 1.54) is 16.7 Å². The van der Waals surface area contributed by atoms with Crippen molar-refractivity contribution in [3.8, 4) is 6.07 Å². The van der Waals surface area contributed by atoms with Crippen molar-refractivity contribution in [3.05, 3.63) is 28.6 Å². The van der Waals surface area contributed by atoms with Crippen LogP contribution < -0.4 is 5.73 Å². The number of nitrogens with zero attached hydrogens (tertiary/aromatic N) is 1. The summed E-state index contributed by atoms with van der Waals surface area (Å²) < 4.78 is 1.11. The standard InChI is InChI=1S/C11H10N2S/c1-2-8-9-4-3-7(13)5-10(9)14-11(8)6-12/h3-5H,2,13H2,1H3. The van der Waals surface area contributed by atoms with Crippen molar-refractivity contribution in [2.24, 2.45) is 0 Å². The lowest BCUT2D eigenvalue weighted by Crippen LogP contribution is -1.83. The van der Waals surface area contributed by atoms with Gasteiger partial charge in [-0.15, -0.1) is 11.3 Å². The normalized spacial score (nSPS) is 10.3. The second-order valence-corrected chi connectivity index (χ2v) is 4.18. The van der Waals surface area contributed by atoms with Gasteiger partial charge in [0.05, 0.1) is 0 Å². The van der Waals surface area contributed by atoms with E-state index >= 15 is 0 Å². The molecule has 2 aromatic rings. The van der Waals surface area contributed by atoms with Crippen LogP contribution in [0.3, 0.4) is 0 Å². The van der Waals surface area contributed by atoms with Crippen LogP contribution >= 0.6 is 11.3 Å². The Morgan fingerprint density at radius 2 is 2.29 bits per heavy atom. The monoisotopic (exact) mass is 202 g/mol. The maximum Gasteiger partial charge on any atom is 0.110 e. The molecule has 1 aromatic carbocycles. The third-order valence-corrected chi connectivity index (χ3v) is 3.37. The zero-order chi connectivity index (χ0) is 10.1. The van der Waals surface area contributed by atoms with Crippen LogP contribution in [0.1, 0.15) is 17.4 Å². The molecular weight excluding hydrogens is 192 g/mol. The predicted molar refractivity (Wildman–Crippen MR) is 60.3 cm³/mol. The predicted octanol–water partition coefficient (Wildman–Crippen LogP) is 2.92. The van der Waals surface area contributed by atoms with E-state index in [4.69, 9.17) is 11.0 Å². The highest BCUT2D eigenvalue weighted by molar-refractivity contribution is 7.19. The van der Waals surface area contributed by atoms with Crippen LogP contribution in [0, 0.1) is 11.3 Å². The van der Waals surface area contributed by atoms with Crippen molar-refractivity contribution in [2.75, 3.05) is 5.73 Å². The Hall–Kier alpha value is -1.53. The summed E-state index contributed by atoms with van der Waals surface area (Å²) in [5.41, 5.74) is 7.59. The van der Waals surface area contributed by atoms with Crippen molar-refractivity contribution in [1.29, 1.82) is 5.26 Å². The topological polar surface area (TPSA) is 49.8 Å². The van der Waals surface area contributed by atoms with Crippen molar-refractivity contribution in [3.63, 3.8) is 0 Å². The Bertz CT molecular complexity index is 520. The second kappa shape index (κ2) is 3.32. The van der Waals surface area contributed by atoms with E-state index in [1.54, 1.807) is 0 Å². The van der Waals surface area contributed by atoms with Crippen LogP contribution in [-0.2, 0) is 6.42 Å². The van der Waals surface area contributed by atoms with Gasteiger partial charge in [0.25, 0.3) is 0 Å². The number of anilines is 1.